The third-order valence-corrected chi connectivity index (χ3v) is 5.70. The van der Waals surface area contributed by atoms with Gasteiger partial charge in [-0.3, -0.25) is 14.5 Å². The van der Waals surface area contributed by atoms with Crippen LogP contribution in [0, 0.1) is 0 Å². The molecule has 1 unspecified atom stereocenters. The number of amides is 4. The fourth-order valence-electron chi connectivity index (χ4n) is 3.98. The van der Waals surface area contributed by atoms with E-state index < -0.39 is 41.9 Å². The molecule has 2 aliphatic heterocycles. The molecule has 0 aromatic heterocycles. The summed E-state index contributed by atoms with van der Waals surface area (Å²) in [6, 6.07) is 8.34. The molecule has 0 spiro atoms. The maximum atomic E-state index is 13.1. The van der Waals surface area contributed by atoms with Gasteiger partial charge < -0.3 is 29.6 Å². The highest BCUT2D eigenvalue weighted by Gasteiger charge is 2.48. The molecule has 2 aromatic rings. The normalized spacial score (nSPS) is 18.0. The molecular weight excluding hydrogens is 474 g/mol. The third kappa shape index (κ3) is 4.78. The van der Waals surface area contributed by atoms with E-state index in [4.69, 9.17) is 9.47 Å². The van der Waals surface area contributed by atoms with Crippen molar-refractivity contribution >= 4 is 35.5 Å². The van der Waals surface area contributed by atoms with E-state index in [0.29, 0.717) is 11.5 Å². The maximum absolute atomic E-state index is 13.1. The number of nitrogens with zero attached hydrogens (tertiary/aromatic N) is 1. The van der Waals surface area contributed by atoms with Crippen LogP contribution in [0.5, 0.6) is 11.5 Å². The molecule has 0 bridgehead atoms. The fourth-order valence-corrected chi connectivity index (χ4v) is 3.98. The summed E-state index contributed by atoms with van der Waals surface area (Å²) in [6.07, 6.45) is 0.163. The van der Waals surface area contributed by atoms with E-state index in [1.807, 2.05) is 0 Å². The monoisotopic (exact) mass is 497 g/mol. The molecule has 1 saturated heterocycles. The largest absolute Gasteiger partial charge is 0.465 e. The van der Waals surface area contributed by atoms with Crippen LogP contribution in [0.15, 0.2) is 36.4 Å². The molecule has 4 rings (SSSR count). The van der Waals surface area contributed by atoms with Gasteiger partial charge in [0.1, 0.15) is 12.1 Å². The molecule has 0 saturated carbocycles. The Morgan fingerprint density at radius 1 is 1.00 bits per heavy atom. The number of hydrogen-bond donors (Lipinski definition) is 2. The summed E-state index contributed by atoms with van der Waals surface area (Å²) >= 11 is 0. The zero-order valence-electron chi connectivity index (χ0n) is 19.7. The molecule has 0 aliphatic carbocycles. The van der Waals surface area contributed by atoms with Crippen molar-refractivity contribution in [2.75, 3.05) is 32.9 Å². The minimum atomic E-state index is -1.28. The highest BCUT2D eigenvalue weighted by Crippen LogP contribution is 2.34. The van der Waals surface area contributed by atoms with Crippen molar-refractivity contribution in [1.29, 1.82) is 0 Å². The number of carbonyl (C=O) groups excluding carboxylic acids is 5. The number of benzene rings is 2. The van der Waals surface area contributed by atoms with Gasteiger partial charge in [0.25, 0.3) is 5.91 Å². The number of imide groups is 1. The molecule has 36 heavy (non-hydrogen) atoms. The van der Waals surface area contributed by atoms with Crippen molar-refractivity contribution < 1.29 is 42.9 Å². The van der Waals surface area contributed by atoms with E-state index in [2.05, 4.69) is 20.1 Å². The predicted molar refractivity (Wildman–Crippen MR) is 123 cm³/mol. The molecule has 2 aliphatic rings. The molecule has 1 fully saturated rings. The lowest BCUT2D eigenvalue weighted by Crippen LogP contribution is -2.46. The first-order valence-corrected chi connectivity index (χ1v) is 10.8. The number of esters is 2. The van der Waals surface area contributed by atoms with Crippen LogP contribution in [0.25, 0.3) is 0 Å². The quantitative estimate of drug-likeness (QED) is 0.428. The van der Waals surface area contributed by atoms with Crippen LogP contribution in [0.4, 0.5) is 10.5 Å². The van der Waals surface area contributed by atoms with Crippen LogP contribution in [0.3, 0.4) is 0 Å². The summed E-state index contributed by atoms with van der Waals surface area (Å²) in [7, 11) is 2.34. The number of carbonyl (C=O) groups is 5. The smallest absolute Gasteiger partial charge is 0.337 e. The number of rotatable bonds is 7. The van der Waals surface area contributed by atoms with Crippen LogP contribution >= 0.6 is 0 Å². The van der Waals surface area contributed by atoms with E-state index in [9.17, 15) is 24.0 Å². The Balaban J connectivity index is 1.47. The number of urea groups is 1. The SMILES string of the molecule is COC(=O)c1cc(NC(=O)CN2C(=O)NC(C)(Cc3ccc4c(c3)OCO4)C2=O)cc(C(=O)OC)c1. The van der Waals surface area contributed by atoms with Gasteiger partial charge in [0, 0.05) is 12.1 Å². The van der Waals surface area contributed by atoms with Crippen molar-refractivity contribution in [2.45, 2.75) is 18.9 Å². The van der Waals surface area contributed by atoms with Crippen molar-refractivity contribution in [2.24, 2.45) is 0 Å². The average Bonchev–Trinajstić information content (AvgIpc) is 3.40. The number of ether oxygens (including phenoxy) is 4. The van der Waals surface area contributed by atoms with Gasteiger partial charge >= 0.3 is 18.0 Å². The van der Waals surface area contributed by atoms with Gasteiger partial charge in [-0.1, -0.05) is 6.07 Å². The summed E-state index contributed by atoms with van der Waals surface area (Å²) in [5.41, 5.74) is -0.465. The molecule has 12 heteroatoms. The number of methoxy groups -OCH3 is 2. The second-order valence-electron chi connectivity index (χ2n) is 8.35. The molecule has 2 aromatic carbocycles. The molecule has 1 atom stereocenters. The predicted octanol–water partition coefficient (Wildman–Crippen LogP) is 1.48. The van der Waals surface area contributed by atoms with E-state index in [1.165, 1.54) is 32.4 Å². The lowest BCUT2D eigenvalue weighted by molar-refractivity contribution is -0.133. The Bertz CT molecular complexity index is 1240. The molecule has 2 heterocycles. The summed E-state index contributed by atoms with van der Waals surface area (Å²) < 4.78 is 20.0. The summed E-state index contributed by atoms with van der Waals surface area (Å²) in [6.45, 7) is 1.09. The lowest BCUT2D eigenvalue weighted by atomic mass is 9.92. The standard InChI is InChI=1S/C24H23N3O9/c1-24(10-13-4-5-17-18(6-13)36-12-35-17)22(31)27(23(32)26-24)11-19(28)25-16-8-14(20(29)33-2)7-15(9-16)21(30)34-3/h4-9H,10-12H2,1-3H3,(H,25,28)(H,26,32). The highest BCUT2D eigenvalue weighted by atomic mass is 16.7. The van der Waals surface area contributed by atoms with Gasteiger partial charge in [0.2, 0.25) is 12.7 Å². The average molecular weight is 497 g/mol. The Morgan fingerprint density at radius 3 is 2.28 bits per heavy atom. The van der Waals surface area contributed by atoms with E-state index in [0.717, 1.165) is 10.5 Å². The first-order valence-electron chi connectivity index (χ1n) is 10.8. The maximum Gasteiger partial charge on any atom is 0.337 e. The highest BCUT2D eigenvalue weighted by molar-refractivity contribution is 6.10. The van der Waals surface area contributed by atoms with Crippen LogP contribution in [0.2, 0.25) is 0 Å². The van der Waals surface area contributed by atoms with E-state index >= 15 is 0 Å². The van der Waals surface area contributed by atoms with E-state index in [-0.39, 0.29) is 30.0 Å². The molecule has 188 valence electrons. The van der Waals surface area contributed by atoms with Crippen molar-refractivity contribution in [3.05, 3.63) is 53.1 Å². The van der Waals surface area contributed by atoms with Crippen LogP contribution in [-0.2, 0) is 25.5 Å². The molecule has 12 nitrogen and oxygen atoms in total. The van der Waals surface area contributed by atoms with Crippen molar-refractivity contribution in [3.63, 3.8) is 0 Å². The Labute approximate surface area is 205 Å². The first-order chi connectivity index (χ1) is 17.1. The lowest BCUT2D eigenvalue weighted by Gasteiger charge is -2.22. The fraction of sp³-hybridized carbons (Fsp3) is 0.292. The Kier molecular flexibility index (Phi) is 6.51. The van der Waals surface area contributed by atoms with Crippen LogP contribution in [-0.4, -0.2) is 67.8 Å². The molecule has 2 N–H and O–H groups in total. The molecule has 4 amide bonds. The number of nitrogens with one attached hydrogen (secondary N) is 2. The van der Waals surface area contributed by atoms with Gasteiger partial charge in [0.05, 0.1) is 25.3 Å². The van der Waals surface area contributed by atoms with Crippen LogP contribution < -0.4 is 20.1 Å². The second-order valence-corrected chi connectivity index (χ2v) is 8.35. The third-order valence-electron chi connectivity index (χ3n) is 5.70. The molecular formula is C24H23N3O9. The zero-order valence-corrected chi connectivity index (χ0v) is 19.7. The minimum absolute atomic E-state index is 0.00185. The Hall–Kier alpha value is -4.61. The van der Waals surface area contributed by atoms with E-state index in [1.54, 1.807) is 25.1 Å². The zero-order chi connectivity index (χ0) is 26.0. The van der Waals surface area contributed by atoms with Crippen molar-refractivity contribution in [1.82, 2.24) is 10.2 Å². The summed E-state index contributed by atoms with van der Waals surface area (Å²) in [4.78, 5) is 63.1. The van der Waals surface area contributed by atoms with Gasteiger partial charge in [0.15, 0.2) is 11.5 Å². The Morgan fingerprint density at radius 2 is 1.64 bits per heavy atom. The number of fused-ring (bicyclic) bond motifs is 1. The summed E-state index contributed by atoms with van der Waals surface area (Å²) in [5.74, 6) is -1.63. The van der Waals surface area contributed by atoms with Gasteiger partial charge in [-0.05, 0) is 42.8 Å². The van der Waals surface area contributed by atoms with Gasteiger partial charge in [-0.15, -0.1) is 0 Å². The first kappa shape index (κ1) is 24.5. The second kappa shape index (κ2) is 9.56. The van der Waals surface area contributed by atoms with Crippen LogP contribution in [0.1, 0.15) is 33.2 Å². The van der Waals surface area contributed by atoms with Gasteiger partial charge in [-0.2, -0.15) is 0 Å². The summed E-state index contributed by atoms with van der Waals surface area (Å²) in [5, 5.41) is 5.14. The molecule has 0 radical (unpaired) electrons. The topological polar surface area (TPSA) is 150 Å². The number of anilines is 1. The minimum Gasteiger partial charge on any atom is -0.465 e. The van der Waals surface area contributed by atoms with Gasteiger partial charge in [-0.25, -0.2) is 14.4 Å². The van der Waals surface area contributed by atoms with Crippen molar-refractivity contribution in [3.8, 4) is 11.5 Å². The number of hydrogen-bond acceptors (Lipinski definition) is 9.